The summed E-state index contributed by atoms with van der Waals surface area (Å²) < 4.78 is 0. The van der Waals surface area contributed by atoms with Crippen molar-refractivity contribution < 1.29 is 4.79 Å². The van der Waals surface area contributed by atoms with E-state index in [1.165, 1.54) is 5.56 Å². The molecule has 0 saturated carbocycles. The molecule has 0 fully saturated rings. The van der Waals surface area contributed by atoms with Crippen LogP contribution < -0.4 is 11.1 Å². The number of nitrogens with zero attached hydrogens (tertiary/aromatic N) is 1. The second-order valence-corrected chi connectivity index (χ2v) is 5.89. The summed E-state index contributed by atoms with van der Waals surface area (Å²) in [6.45, 7) is 9.02. The molecule has 4 heteroatoms. The summed E-state index contributed by atoms with van der Waals surface area (Å²) in [5.74, 6) is 0.685. The molecule has 0 heterocycles. The summed E-state index contributed by atoms with van der Waals surface area (Å²) in [4.78, 5) is 14.4. The highest BCUT2D eigenvalue weighted by atomic mass is 16.2. The monoisotopic (exact) mass is 291 g/mol. The van der Waals surface area contributed by atoms with Gasteiger partial charge in [-0.2, -0.15) is 0 Å². The minimum Gasteiger partial charge on any atom is -0.355 e. The van der Waals surface area contributed by atoms with E-state index in [4.69, 9.17) is 5.73 Å². The smallest absolute Gasteiger partial charge is 0.237 e. The van der Waals surface area contributed by atoms with Gasteiger partial charge in [0.2, 0.25) is 5.91 Å². The lowest BCUT2D eigenvalue weighted by Gasteiger charge is -2.28. The molecule has 0 bridgehead atoms. The Labute approximate surface area is 128 Å². The van der Waals surface area contributed by atoms with Gasteiger partial charge in [0.15, 0.2) is 0 Å². The van der Waals surface area contributed by atoms with E-state index < -0.39 is 0 Å². The maximum Gasteiger partial charge on any atom is 0.237 e. The molecule has 118 valence electrons. The van der Waals surface area contributed by atoms with Gasteiger partial charge in [-0.25, -0.2) is 0 Å². The molecule has 1 atom stereocenters. The third-order valence-corrected chi connectivity index (χ3v) is 3.59. The maximum atomic E-state index is 12.2. The third kappa shape index (κ3) is 6.74. The van der Waals surface area contributed by atoms with Gasteiger partial charge >= 0.3 is 0 Å². The maximum absolute atomic E-state index is 12.2. The topological polar surface area (TPSA) is 58.4 Å². The summed E-state index contributed by atoms with van der Waals surface area (Å²) in [7, 11) is 0. The van der Waals surface area contributed by atoms with Crippen molar-refractivity contribution in [1.29, 1.82) is 0 Å². The van der Waals surface area contributed by atoms with Gasteiger partial charge in [-0.3, -0.25) is 9.69 Å². The minimum atomic E-state index is -0.166. The standard InChI is InChI=1S/C17H29N3O/c1-14(2)9-11-19-17(21)15(3)20(12-10-18)13-16-7-5-4-6-8-16/h4-8,14-15H,9-13,18H2,1-3H3,(H,19,21). The van der Waals surface area contributed by atoms with Gasteiger partial charge in [0, 0.05) is 26.2 Å². The number of benzene rings is 1. The van der Waals surface area contributed by atoms with Crippen molar-refractivity contribution in [2.24, 2.45) is 11.7 Å². The first-order valence-corrected chi connectivity index (χ1v) is 7.80. The van der Waals surface area contributed by atoms with Crippen molar-refractivity contribution in [3.05, 3.63) is 35.9 Å². The van der Waals surface area contributed by atoms with E-state index in [2.05, 4.69) is 36.2 Å². The van der Waals surface area contributed by atoms with E-state index >= 15 is 0 Å². The SMILES string of the molecule is CC(C)CCNC(=O)C(C)N(CCN)Cc1ccccc1. The van der Waals surface area contributed by atoms with Crippen LogP contribution in [0.15, 0.2) is 30.3 Å². The lowest BCUT2D eigenvalue weighted by atomic mass is 10.1. The van der Waals surface area contributed by atoms with Crippen LogP contribution in [0.5, 0.6) is 0 Å². The van der Waals surface area contributed by atoms with Crippen LogP contribution in [-0.2, 0) is 11.3 Å². The second kappa shape index (κ2) is 9.53. The zero-order chi connectivity index (χ0) is 15.7. The first-order valence-electron chi connectivity index (χ1n) is 7.80. The Hall–Kier alpha value is -1.39. The predicted octanol–water partition coefficient (Wildman–Crippen LogP) is 2.00. The number of carbonyl (C=O) groups is 1. The Morgan fingerprint density at radius 3 is 2.48 bits per heavy atom. The van der Waals surface area contributed by atoms with Gasteiger partial charge in [-0.15, -0.1) is 0 Å². The number of rotatable bonds is 9. The first-order chi connectivity index (χ1) is 10.0. The van der Waals surface area contributed by atoms with Crippen LogP contribution in [0.4, 0.5) is 0 Å². The van der Waals surface area contributed by atoms with Crippen molar-refractivity contribution in [3.63, 3.8) is 0 Å². The quantitative estimate of drug-likeness (QED) is 0.731. The van der Waals surface area contributed by atoms with Crippen molar-refractivity contribution in [2.45, 2.75) is 39.8 Å². The Balaban J connectivity index is 2.55. The van der Waals surface area contributed by atoms with Crippen molar-refractivity contribution in [2.75, 3.05) is 19.6 Å². The average molecular weight is 291 g/mol. The summed E-state index contributed by atoms with van der Waals surface area (Å²) in [6, 6.07) is 10.0. The number of amides is 1. The van der Waals surface area contributed by atoms with Gasteiger partial charge in [0.05, 0.1) is 6.04 Å². The minimum absolute atomic E-state index is 0.0834. The second-order valence-electron chi connectivity index (χ2n) is 5.89. The largest absolute Gasteiger partial charge is 0.355 e. The Morgan fingerprint density at radius 2 is 1.90 bits per heavy atom. The molecular weight excluding hydrogens is 262 g/mol. The highest BCUT2D eigenvalue weighted by Crippen LogP contribution is 2.08. The van der Waals surface area contributed by atoms with Gasteiger partial charge < -0.3 is 11.1 Å². The average Bonchev–Trinajstić information content (AvgIpc) is 2.46. The highest BCUT2D eigenvalue weighted by Gasteiger charge is 2.20. The van der Waals surface area contributed by atoms with Crippen LogP contribution in [0.3, 0.4) is 0 Å². The zero-order valence-corrected chi connectivity index (χ0v) is 13.5. The van der Waals surface area contributed by atoms with E-state index in [1.807, 2.05) is 25.1 Å². The van der Waals surface area contributed by atoms with Gasteiger partial charge in [0.25, 0.3) is 0 Å². The molecule has 1 aromatic carbocycles. The van der Waals surface area contributed by atoms with Crippen LogP contribution in [0, 0.1) is 5.92 Å². The molecule has 1 amide bonds. The molecule has 1 rings (SSSR count). The molecule has 0 aliphatic rings. The molecular formula is C17H29N3O. The molecule has 1 unspecified atom stereocenters. The number of nitrogens with two attached hydrogens (primary N) is 1. The molecule has 3 N–H and O–H groups in total. The summed E-state index contributed by atoms with van der Waals surface area (Å²) in [5, 5.41) is 3.02. The van der Waals surface area contributed by atoms with Crippen LogP contribution in [-0.4, -0.2) is 36.5 Å². The molecule has 0 spiro atoms. The highest BCUT2D eigenvalue weighted by molar-refractivity contribution is 5.81. The zero-order valence-electron chi connectivity index (χ0n) is 13.5. The van der Waals surface area contributed by atoms with Crippen LogP contribution >= 0.6 is 0 Å². The molecule has 0 aromatic heterocycles. The normalized spacial score (nSPS) is 12.7. The van der Waals surface area contributed by atoms with Crippen LogP contribution in [0.2, 0.25) is 0 Å². The Kier molecular flexibility index (Phi) is 8.01. The Morgan fingerprint density at radius 1 is 1.24 bits per heavy atom. The predicted molar refractivity (Wildman–Crippen MR) is 87.8 cm³/mol. The van der Waals surface area contributed by atoms with E-state index in [-0.39, 0.29) is 11.9 Å². The van der Waals surface area contributed by atoms with Crippen molar-refractivity contribution >= 4 is 5.91 Å². The van der Waals surface area contributed by atoms with Crippen molar-refractivity contribution in [3.8, 4) is 0 Å². The molecule has 0 aliphatic carbocycles. The molecule has 4 nitrogen and oxygen atoms in total. The van der Waals surface area contributed by atoms with Gasteiger partial charge in [-0.1, -0.05) is 44.2 Å². The summed E-state index contributed by atoms with van der Waals surface area (Å²) in [5.41, 5.74) is 6.89. The summed E-state index contributed by atoms with van der Waals surface area (Å²) >= 11 is 0. The van der Waals surface area contributed by atoms with E-state index in [1.54, 1.807) is 0 Å². The molecule has 21 heavy (non-hydrogen) atoms. The van der Waals surface area contributed by atoms with Gasteiger partial charge in [-0.05, 0) is 24.8 Å². The molecule has 0 saturated heterocycles. The van der Waals surface area contributed by atoms with Crippen LogP contribution in [0.1, 0.15) is 32.8 Å². The van der Waals surface area contributed by atoms with Gasteiger partial charge in [0.1, 0.15) is 0 Å². The lowest BCUT2D eigenvalue weighted by molar-refractivity contribution is -0.126. The number of hydrogen-bond donors (Lipinski definition) is 2. The molecule has 1 aromatic rings. The van der Waals surface area contributed by atoms with Crippen LogP contribution in [0.25, 0.3) is 0 Å². The van der Waals surface area contributed by atoms with Crippen molar-refractivity contribution in [1.82, 2.24) is 10.2 Å². The molecule has 0 radical (unpaired) electrons. The van der Waals surface area contributed by atoms with E-state index in [9.17, 15) is 4.79 Å². The molecule has 0 aliphatic heterocycles. The summed E-state index contributed by atoms with van der Waals surface area (Å²) in [6.07, 6.45) is 1.01. The third-order valence-electron chi connectivity index (χ3n) is 3.59. The number of carbonyl (C=O) groups excluding carboxylic acids is 1. The van der Waals surface area contributed by atoms with E-state index in [0.29, 0.717) is 19.0 Å². The fourth-order valence-electron chi connectivity index (χ4n) is 2.19. The fraction of sp³-hybridized carbons (Fsp3) is 0.588. The number of nitrogens with one attached hydrogen (secondary N) is 1. The number of hydrogen-bond acceptors (Lipinski definition) is 3. The first kappa shape index (κ1) is 17.7. The Bertz CT molecular complexity index is 406. The fourth-order valence-corrected chi connectivity index (χ4v) is 2.19. The lowest BCUT2D eigenvalue weighted by Crippen LogP contribution is -2.46. The van der Waals surface area contributed by atoms with E-state index in [0.717, 1.165) is 19.5 Å².